The summed E-state index contributed by atoms with van der Waals surface area (Å²) in [6.07, 6.45) is 3.89. The van der Waals surface area contributed by atoms with Crippen molar-refractivity contribution in [2.45, 2.75) is 32.2 Å². The lowest BCUT2D eigenvalue weighted by atomic mass is 9.89. The average Bonchev–Trinajstić information content (AvgIpc) is 2.80. The van der Waals surface area contributed by atoms with E-state index in [1.54, 1.807) is 0 Å². The molecule has 0 saturated carbocycles. The molecule has 2 atom stereocenters. The number of rotatable bonds is 3. The van der Waals surface area contributed by atoms with Crippen molar-refractivity contribution in [2.24, 2.45) is 11.7 Å². The molecule has 0 spiro atoms. The van der Waals surface area contributed by atoms with E-state index in [4.69, 9.17) is 5.73 Å². The molecule has 0 radical (unpaired) electrons. The Bertz CT molecular complexity index is 549. The van der Waals surface area contributed by atoms with Crippen LogP contribution in [-0.2, 0) is 0 Å². The molecule has 1 aliphatic rings. The van der Waals surface area contributed by atoms with E-state index in [2.05, 4.69) is 41.5 Å². The molecule has 2 N–H and O–H groups in total. The van der Waals surface area contributed by atoms with E-state index in [1.807, 2.05) is 11.3 Å². The van der Waals surface area contributed by atoms with E-state index in [0.29, 0.717) is 12.0 Å². The van der Waals surface area contributed by atoms with Crippen LogP contribution in [-0.4, -0.2) is 24.5 Å². The number of thiophene rings is 1. The van der Waals surface area contributed by atoms with Crippen LogP contribution in [0.25, 0.3) is 10.1 Å². The second kappa shape index (κ2) is 6.25. The summed E-state index contributed by atoms with van der Waals surface area (Å²) in [4.78, 5) is 2.64. The summed E-state index contributed by atoms with van der Waals surface area (Å²) in [5.74, 6) is 0.593. The van der Waals surface area contributed by atoms with Gasteiger partial charge in [-0.2, -0.15) is 0 Å². The highest BCUT2D eigenvalue weighted by molar-refractivity contribution is 7.17. The minimum absolute atomic E-state index is 0.503. The topological polar surface area (TPSA) is 29.3 Å². The van der Waals surface area contributed by atoms with E-state index < -0.39 is 0 Å². The predicted octanol–water partition coefficient (Wildman–Crippen LogP) is 4.02. The minimum atomic E-state index is 0.503. The van der Waals surface area contributed by atoms with Gasteiger partial charge in [0.25, 0.3) is 0 Å². The standard InChI is InChI=1S/C17H24N2S/c1-2-19-10-6-5-7-13(11-18)17(19)15-12-20-16-9-4-3-8-14(15)16/h3-4,8-9,12-13,17H,2,5-7,10-11,18H2,1H3. The SMILES string of the molecule is CCN1CCCCC(CN)C1c1csc2ccccc12. The molecule has 1 aromatic carbocycles. The summed E-state index contributed by atoms with van der Waals surface area (Å²) in [5.41, 5.74) is 7.61. The van der Waals surface area contributed by atoms with Gasteiger partial charge in [-0.25, -0.2) is 0 Å². The summed E-state index contributed by atoms with van der Waals surface area (Å²) in [7, 11) is 0. The second-order valence-electron chi connectivity index (χ2n) is 5.75. The van der Waals surface area contributed by atoms with Gasteiger partial charge in [0.05, 0.1) is 0 Å². The lowest BCUT2D eigenvalue weighted by molar-refractivity contribution is 0.168. The van der Waals surface area contributed by atoms with Crippen molar-refractivity contribution in [3.05, 3.63) is 35.2 Å². The molecule has 2 aromatic rings. The molecule has 2 unspecified atom stereocenters. The summed E-state index contributed by atoms with van der Waals surface area (Å²) in [5, 5.41) is 3.80. The number of likely N-dealkylation sites (tertiary alicyclic amines) is 1. The fourth-order valence-electron chi connectivity index (χ4n) is 3.60. The lowest BCUT2D eigenvalue weighted by Crippen LogP contribution is -2.35. The third-order valence-corrected chi connectivity index (χ3v) is 5.63. The van der Waals surface area contributed by atoms with E-state index in [-0.39, 0.29) is 0 Å². The largest absolute Gasteiger partial charge is 0.330 e. The molecule has 2 nitrogen and oxygen atoms in total. The van der Waals surface area contributed by atoms with E-state index in [1.165, 1.54) is 41.5 Å². The van der Waals surface area contributed by atoms with Crippen molar-refractivity contribution in [3.8, 4) is 0 Å². The van der Waals surface area contributed by atoms with Gasteiger partial charge in [0.2, 0.25) is 0 Å². The van der Waals surface area contributed by atoms with Gasteiger partial charge in [-0.1, -0.05) is 31.5 Å². The maximum atomic E-state index is 6.11. The van der Waals surface area contributed by atoms with Gasteiger partial charge in [-0.15, -0.1) is 11.3 Å². The molecule has 2 heterocycles. The van der Waals surface area contributed by atoms with Crippen molar-refractivity contribution >= 4 is 21.4 Å². The lowest BCUT2D eigenvalue weighted by Gasteiger charge is -2.34. The molecule has 3 rings (SSSR count). The number of benzene rings is 1. The first-order valence-corrected chi connectivity index (χ1v) is 8.63. The smallest absolute Gasteiger partial charge is 0.0402 e. The van der Waals surface area contributed by atoms with E-state index in [0.717, 1.165) is 13.1 Å². The van der Waals surface area contributed by atoms with Crippen molar-refractivity contribution in [3.63, 3.8) is 0 Å². The van der Waals surface area contributed by atoms with Crippen LogP contribution in [0.1, 0.15) is 37.8 Å². The summed E-state index contributed by atoms with van der Waals surface area (Å²) in [6.45, 7) is 5.40. The van der Waals surface area contributed by atoms with Gasteiger partial charge in [0.1, 0.15) is 0 Å². The molecule has 0 aliphatic carbocycles. The number of hydrogen-bond acceptors (Lipinski definition) is 3. The molecule has 1 saturated heterocycles. The van der Waals surface area contributed by atoms with Gasteiger partial charge < -0.3 is 5.73 Å². The molecule has 1 aliphatic heterocycles. The number of hydrogen-bond donors (Lipinski definition) is 1. The molecule has 108 valence electrons. The molecule has 0 bridgehead atoms. The maximum absolute atomic E-state index is 6.11. The Kier molecular flexibility index (Phi) is 4.39. The van der Waals surface area contributed by atoms with Crippen LogP contribution < -0.4 is 5.73 Å². The minimum Gasteiger partial charge on any atom is -0.330 e. The van der Waals surface area contributed by atoms with Gasteiger partial charge in [-0.3, -0.25) is 4.90 Å². The number of fused-ring (bicyclic) bond motifs is 1. The maximum Gasteiger partial charge on any atom is 0.0402 e. The Hall–Kier alpha value is -0.900. The van der Waals surface area contributed by atoms with Crippen molar-refractivity contribution in [2.75, 3.05) is 19.6 Å². The molecule has 1 fully saturated rings. The molecule has 20 heavy (non-hydrogen) atoms. The zero-order chi connectivity index (χ0) is 13.9. The Morgan fingerprint density at radius 2 is 2.15 bits per heavy atom. The quantitative estimate of drug-likeness (QED) is 0.924. The van der Waals surface area contributed by atoms with Gasteiger partial charge >= 0.3 is 0 Å². The second-order valence-corrected chi connectivity index (χ2v) is 6.66. The zero-order valence-corrected chi connectivity index (χ0v) is 13.0. The first-order valence-electron chi connectivity index (χ1n) is 7.75. The summed E-state index contributed by atoms with van der Waals surface area (Å²) >= 11 is 1.87. The highest BCUT2D eigenvalue weighted by Crippen LogP contribution is 2.40. The Morgan fingerprint density at radius 3 is 2.95 bits per heavy atom. The first-order chi connectivity index (χ1) is 9.85. The van der Waals surface area contributed by atoms with Crippen molar-refractivity contribution < 1.29 is 0 Å². The Balaban J connectivity index is 2.06. The first kappa shape index (κ1) is 14.1. The predicted molar refractivity (Wildman–Crippen MR) is 88.2 cm³/mol. The number of nitrogens with two attached hydrogens (primary N) is 1. The molecular formula is C17H24N2S. The average molecular weight is 288 g/mol. The highest BCUT2D eigenvalue weighted by atomic mass is 32.1. The van der Waals surface area contributed by atoms with Gasteiger partial charge in [-0.05, 0) is 60.8 Å². The fraction of sp³-hybridized carbons (Fsp3) is 0.529. The third-order valence-electron chi connectivity index (χ3n) is 4.65. The normalized spacial score (nSPS) is 24.9. The van der Waals surface area contributed by atoms with Crippen LogP contribution in [0.4, 0.5) is 0 Å². The molecular weight excluding hydrogens is 264 g/mol. The van der Waals surface area contributed by atoms with Crippen LogP contribution in [0.5, 0.6) is 0 Å². The Morgan fingerprint density at radius 1 is 1.30 bits per heavy atom. The van der Waals surface area contributed by atoms with Crippen LogP contribution >= 0.6 is 11.3 Å². The molecule has 3 heteroatoms. The van der Waals surface area contributed by atoms with E-state index in [9.17, 15) is 0 Å². The highest BCUT2D eigenvalue weighted by Gasteiger charge is 2.30. The van der Waals surface area contributed by atoms with Crippen LogP contribution in [0.15, 0.2) is 29.6 Å². The van der Waals surface area contributed by atoms with Crippen molar-refractivity contribution in [1.29, 1.82) is 0 Å². The Labute approximate surface area is 125 Å². The van der Waals surface area contributed by atoms with Gasteiger partial charge in [0, 0.05) is 10.7 Å². The van der Waals surface area contributed by atoms with Gasteiger partial charge in [0.15, 0.2) is 0 Å². The molecule has 0 amide bonds. The fourth-order valence-corrected chi connectivity index (χ4v) is 4.59. The van der Waals surface area contributed by atoms with Crippen LogP contribution in [0.3, 0.4) is 0 Å². The molecule has 1 aromatic heterocycles. The zero-order valence-electron chi connectivity index (χ0n) is 12.2. The monoisotopic (exact) mass is 288 g/mol. The third kappa shape index (κ3) is 2.50. The van der Waals surface area contributed by atoms with E-state index >= 15 is 0 Å². The van der Waals surface area contributed by atoms with Crippen molar-refractivity contribution in [1.82, 2.24) is 4.90 Å². The van der Waals surface area contributed by atoms with Crippen LogP contribution in [0.2, 0.25) is 0 Å². The summed E-state index contributed by atoms with van der Waals surface area (Å²) < 4.78 is 1.40. The number of nitrogens with zero attached hydrogens (tertiary/aromatic N) is 1. The summed E-state index contributed by atoms with van der Waals surface area (Å²) in [6, 6.07) is 9.29. The van der Waals surface area contributed by atoms with Crippen LogP contribution in [0, 0.1) is 5.92 Å².